The third-order valence-corrected chi connectivity index (χ3v) is 1.33. The van der Waals surface area contributed by atoms with E-state index >= 15 is 0 Å². The fraction of sp³-hybridized carbons (Fsp3) is 0.111. The van der Waals surface area contributed by atoms with Crippen molar-refractivity contribution in [3.05, 3.63) is 35.9 Å². The Kier molecular flexibility index (Phi) is 2.85. The molecule has 3 heteroatoms. The second-order valence-corrected chi connectivity index (χ2v) is 2.37. The van der Waals surface area contributed by atoms with Gasteiger partial charge in [0.05, 0.1) is 0 Å². The van der Waals surface area contributed by atoms with Gasteiger partial charge in [-0.15, -0.1) is 0 Å². The number of aliphatic hydroxyl groups excluding tert-OH is 1. The molecule has 3 nitrogen and oxygen atoms in total. The van der Waals surface area contributed by atoms with E-state index in [1.54, 1.807) is 18.2 Å². The molecule has 0 radical (unpaired) electrons. The van der Waals surface area contributed by atoms with Gasteiger partial charge >= 0.3 is 0 Å². The van der Waals surface area contributed by atoms with E-state index in [1.165, 1.54) is 18.2 Å². The van der Waals surface area contributed by atoms with Crippen molar-refractivity contribution in [3.63, 3.8) is 0 Å². The molecule has 3 N–H and O–H groups in total. The third-order valence-electron chi connectivity index (χ3n) is 1.33. The van der Waals surface area contributed by atoms with Crippen LogP contribution < -0.4 is 0 Å². The van der Waals surface area contributed by atoms with Crippen LogP contribution in [0.15, 0.2) is 30.3 Å². The Morgan fingerprint density at radius 3 is 2.58 bits per heavy atom. The van der Waals surface area contributed by atoms with Crippen LogP contribution in [-0.2, 0) is 0 Å². The van der Waals surface area contributed by atoms with E-state index in [-0.39, 0.29) is 5.75 Å². The van der Waals surface area contributed by atoms with Gasteiger partial charge in [-0.05, 0) is 23.8 Å². The first-order valence-corrected chi connectivity index (χ1v) is 3.52. The van der Waals surface area contributed by atoms with Gasteiger partial charge in [0, 0.05) is 0 Å². The highest BCUT2D eigenvalue weighted by atomic mass is 16.5. The molecular formula is C9H10O3. The number of phenols is 1. The van der Waals surface area contributed by atoms with Crippen LogP contribution in [0.25, 0.3) is 6.08 Å². The summed E-state index contributed by atoms with van der Waals surface area (Å²) in [4.78, 5) is 0. The number of aromatic hydroxyl groups is 1. The molecule has 0 fully saturated rings. The zero-order valence-corrected chi connectivity index (χ0v) is 6.38. The molecular weight excluding hydrogens is 156 g/mol. The minimum absolute atomic E-state index is 0.157. The summed E-state index contributed by atoms with van der Waals surface area (Å²) in [5, 5.41) is 26.0. The smallest absolute Gasteiger partial charge is 0.171 e. The number of hydrogen-bond donors (Lipinski definition) is 3. The highest BCUT2D eigenvalue weighted by molar-refractivity contribution is 5.51. The molecule has 12 heavy (non-hydrogen) atoms. The van der Waals surface area contributed by atoms with E-state index in [0.29, 0.717) is 0 Å². The Bertz CT molecular complexity index is 279. The summed E-state index contributed by atoms with van der Waals surface area (Å²) in [6, 6.07) is 6.50. The predicted octanol–water partition coefficient (Wildman–Crippen LogP) is 0.716. The first-order valence-electron chi connectivity index (χ1n) is 3.52. The summed E-state index contributed by atoms with van der Waals surface area (Å²) in [5.74, 6) is 0.157. The summed E-state index contributed by atoms with van der Waals surface area (Å²) >= 11 is 0. The molecule has 0 heterocycles. The average molecular weight is 166 g/mol. The molecule has 0 atom stereocenters. The molecule has 1 aromatic rings. The highest BCUT2D eigenvalue weighted by Gasteiger charge is 1.90. The van der Waals surface area contributed by atoms with Crippen molar-refractivity contribution >= 4 is 6.08 Å². The van der Waals surface area contributed by atoms with Gasteiger partial charge in [-0.2, -0.15) is 0 Å². The zero-order chi connectivity index (χ0) is 8.97. The van der Waals surface area contributed by atoms with E-state index in [9.17, 15) is 0 Å². The standard InChI is InChI=1S/C9H10O3/c10-8-3-1-2-7(6-8)4-5-9(11)12/h1-6,9-12H. The Morgan fingerprint density at radius 1 is 1.25 bits per heavy atom. The van der Waals surface area contributed by atoms with Crippen LogP contribution in [0.5, 0.6) is 5.75 Å². The Labute approximate surface area is 70.2 Å². The quantitative estimate of drug-likeness (QED) is 0.567. The molecule has 0 spiro atoms. The van der Waals surface area contributed by atoms with E-state index < -0.39 is 6.29 Å². The molecule has 0 unspecified atom stereocenters. The molecule has 0 bridgehead atoms. The minimum atomic E-state index is -1.45. The highest BCUT2D eigenvalue weighted by Crippen LogP contribution is 2.11. The van der Waals surface area contributed by atoms with Gasteiger partial charge in [0.25, 0.3) is 0 Å². The molecule has 0 aliphatic heterocycles. The molecule has 0 amide bonds. The van der Waals surface area contributed by atoms with Crippen LogP contribution in [0.1, 0.15) is 5.56 Å². The topological polar surface area (TPSA) is 60.7 Å². The molecule has 1 rings (SSSR count). The molecule has 0 aromatic heterocycles. The number of rotatable bonds is 2. The summed E-state index contributed by atoms with van der Waals surface area (Å²) in [7, 11) is 0. The van der Waals surface area contributed by atoms with Crippen molar-refractivity contribution < 1.29 is 15.3 Å². The van der Waals surface area contributed by atoms with E-state index in [4.69, 9.17) is 15.3 Å². The van der Waals surface area contributed by atoms with E-state index in [2.05, 4.69) is 0 Å². The average Bonchev–Trinajstić information content (AvgIpc) is 2.01. The molecule has 0 saturated heterocycles. The van der Waals surface area contributed by atoms with E-state index in [1.807, 2.05) is 0 Å². The normalized spacial score (nSPS) is 11.2. The Morgan fingerprint density at radius 2 is 2.00 bits per heavy atom. The van der Waals surface area contributed by atoms with E-state index in [0.717, 1.165) is 5.56 Å². The maximum Gasteiger partial charge on any atom is 0.171 e. The third kappa shape index (κ3) is 2.74. The lowest BCUT2D eigenvalue weighted by Crippen LogP contribution is -1.96. The van der Waals surface area contributed by atoms with Gasteiger partial charge < -0.3 is 15.3 Å². The van der Waals surface area contributed by atoms with Crippen molar-refractivity contribution in [1.82, 2.24) is 0 Å². The van der Waals surface area contributed by atoms with Gasteiger partial charge in [-0.25, -0.2) is 0 Å². The fourth-order valence-corrected chi connectivity index (χ4v) is 0.826. The van der Waals surface area contributed by atoms with Crippen molar-refractivity contribution in [3.8, 4) is 5.75 Å². The first kappa shape index (κ1) is 8.77. The van der Waals surface area contributed by atoms with Crippen LogP contribution in [0, 0.1) is 0 Å². The summed E-state index contributed by atoms with van der Waals surface area (Å²) < 4.78 is 0. The van der Waals surface area contributed by atoms with Crippen LogP contribution in [0.3, 0.4) is 0 Å². The van der Waals surface area contributed by atoms with Gasteiger partial charge in [0.2, 0.25) is 0 Å². The maximum absolute atomic E-state index is 9.02. The predicted molar refractivity (Wildman–Crippen MR) is 45.4 cm³/mol. The monoisotopic (exact) mass is 166 g/mol. The van der Waals surface area contributed by atoms with Crippen molar-refractivity contribution in [2.24, 2.45) is 0 Å². The number of aliphatic hydroxyl groups is 2. The van der Waals surface area contributed by atoms with Gasteiger partial charge in [-0.3, -0.25) is 0 Å². The minimum Gasteiger partial charge on any atom is -0.508 e. The lowest BCUT2D eigenvalue weighted by Gasteiger charge is -1.95. The van der Waals surface area contributed by atoms with Crippen molar-refractivity contribution in [2.45, 2.75) is 6.29 Å². The first-order chi connectivity index (χ1) is 5.68. The lowest BCUT2D eigenvalue weighted by atomic mass is 10.2. The number of benzene rings is 1. The largest absolute Gasteiger partial charge is 0.508 e. The van der Waals surface area contributed by atoms with Crippen LogP contribution in [-0.4, -0.2) is 21.6 Å². The summed E-state index contributed by atoms with van der Waals surface area (Å²) in [5.41, 5.74) is 0.725. The second-order valence-electron chi connectivity index (χ2n) is 2.37. The van der Waals surface area contributed by atoms with Crippen LogP contribution in [0.4, 0.5) is 0 Å². The zero-order valence-electron chi connectivity index (χ0n) is 6.38. The fourth-order valence-electron chi connectivity index (χ4n) is 0.826. The molecule has 0 aliphatic rings. The van der Waals surface area contributed by atoms with Crippen LogP contribution in [0.2, 0.25) is 0 Å². The Hall–Kier alpha value is -1.32. The molecule has 1 aromatic carbocycles. The number of phenolic OH excluding ortho intramolecular Hbond substituents is 1. The molecule has 0 saturated carbocycles. The van der Waals surface area contributed by atoms with Gasteiger partial charge in [-0.1, -0.05) is 18.2 Å². The van der Waals surface area contributed by atoms with Gasteiger partial charge in [0.15, 0.2) is 6.29 Å². The second kappa shape index (κ2) is 3.90. The van der Waals surface area contributed by atoms with Gasteiger partial charge in [0.1, 0.15) is 5.75 Å². The SMILES string of the molecule is Oc1cccc(C=CC(O)O)c1. The summed E-state index contributed by atoms with van der Waals surface area (Å²) in [6.45, 7) is 0. The van der Waals surface area contributed by atoms with Crippen molar-refractivity contribution in [1.29, 1.82) is 0 Å². The van der Waals surface area contributed by atoms with Crippen molar-refractivity contribution in [2.75, 3.05) is 0 Å². The lowest BCUT2D eigenvalue weighted by molar-refractivity contribution is 0.00303. The van der Waals surface area contributed by atoms with Crippen LogP contribution >= 0.6 is 0 Å². The Balaban J connectivity index is 2.76. The summed E-state index contributed by atoms with van der Waals surface area (Å²) in [6.07, 6.45) is 1.28. The molecule has 0 aliphatic carbocycles. The molecule has 64 valence electrons. The number of hydrogen-bond acceptors (Lipinski definition) is 3. The maximum atomic E-state index is 9.02.